The smallest absolute Gasteiger partial charge is 0.489 e. The Morgan fingerprint density at radius 2 is 1.72 bits per heavy atom. The molecule has 1 aliphatic heterocycles. The minimum atomic E-state index is -4.72. The zero-order chi connectivity index (χ0) is 17.7. The van der Waals surface area contributed by atoms with E-state index in [-0.39, 0.29) is 11.7 Å². The topological polar surface area (TPSA) is 30.5 Å². The Morgan fingerprint density at radius 3 is 2.40 bits per heavy atom. The summed E-state index contributed by atoms with van der Waals surface area (Å²) in [6.07, 6.45) is -3.14. The molecule has 0 atom stereocenters. The number of hydrogen-bond donors (Lipinski definition) is 1. The van der Waals surface area contributed by atoms with Crippen LogP contribution in [0.1, 0.15) is 29.9 Å². The van der Waals surface area contributed by atoms with Crippen molar-refractivity contribution in [3.8, 4) is 11.5 Å². The lowest BCUT2D eigenvalue weighted by atomic mass is 9.89. The van der Waals surface area contributed by atoms with E-state index in [0.717, 1.165) is 31.5 Å². The lowest BCUT2D eigenvalue weighted by molar-refractivity contribution is -0.275. The van der Waals surface area contributed by atoms with Crippen LogP contribution in [-0.4, -0.2) is 19.5 Å². The maximum absolute atomic E-state index is 12.8. The molecule has 0 unspecified atom stereocenters. The highest BCUT2D eigenvalue weighted by atomic mass is 19.4. The van der Waals surface area contributed by atoms with Crippen molar-refractivity contribution < 1.29 is 22.6 Å². The molecule has 1 N–H and O–H groups in total. The van der Waals surface area contributed by atoms with E-state index in [4.69, 9.17) is 4.74 Å². The summed E-state index contributed by atoms with van der Waals surface area (Å²) < 4.78 is 48.3. The van der Waals surface area contributed by atoms with Crippen LogP contribution in [0.2, 0.25) is 0 Å². The molecule has 134 valence electrons. The lowest BCUT2D eigenvalue weighted by Gasteiger charge is -2.25. The van der Waals surface area contributed by atoms with Crippen molar-refractivity contribution in [2.45, 2.75) is 31.7 Å². The van der Waals surface area contributed by atoms with Crippen molar-refractivity contribution >= 4 is 0 Å². The minimum absolute atomic E-state index is 0.0572. The van der Waals surface area contributed by atoms with Gasteiger partial charge >= 0.3 is 6.36 Å². The molecule has 2 aromatic carbocycles. The van der Waals surface area contributed by atoms with Gasteiger partial charge in [-0.25, -0.2) is 0 Å². The van der Waals surface area contributed by atoms with Crippen LogP contribution in [0.25, 0.3) is 0 Å². The van der Waals surface area contributed by atoms with E-state index in [1.165, 1.54) is 6.07 Å². The van der Waals surface area contributed by atoms with Crippen LogP contribution in [0.4, 0.5) is 13.2 Å². The van der Waals surface area contributed by atoms with Gasteiger partial charge in [-0.3, -0.25) is 0 Å². The van der Waals surface area contributed by atoms with E-state index in [1.54, 1.807) is 12.1 Å². The summed E-state index contributed by atoms with van der Waals surface area (Å²) >= 11 is 0. The number of nitrogens with one attached hydrogen (secondary N) is 1. The third-order valence-corrected chi connectivity index (χ3v) is 4.24. The van der Waals surface area contributed by atoms with Gasteiger partial charge in [-0.1, -0.05) is 36.4 Å². The molecule has 1 fully saturated rings. The number of hydrogen-bond acceptors (Lipinski definition) is 3. The molecule has 0 aromatic heterocycles. The molecule has 3 rings (SSSR count). The molecule has 3 nitrogen and oxygen atoms in total. The maximum Gasteiger partial charge on any atom is 0.573 e. The Balaban J connectivity index is 1.79. The highest BCUT2D eigenvalue weighted by Crippen LogP contribution is 2.38. The fraction of sp³-hybridized carbons (Fsp3) is 0.368. The molecular weight excluding hydrogens is 331 g/mol. The predicted octanol–water partition coefficient (Wildman–Crippen LogP) is 4.63. The number of halogens is 3. The SMILES string of the molecule is FC(F)(F)Oc1cc(OCc2ccccc2)ccc1C1CCNCC1. The number of alkyl halides is 3. The molecule has 1 saturated heterocycles. The second-order valence-electron chi connectivity index (χ2n) is 6.05. The van der Waals surface area contributed by atoms with Crippen molar-refractivity contribution in [1.82, 2.24) is 5.32 Å². The first-order valence-corrected chi connectivity index (χ1v) is 8.28. The van der Waals surface area contributed by atoms with Gasteiger partial charge in [0.05, 0.1) is 0 Å². The second-order valence-corrected chi connectivity index (χ2v) is 6.05. The van der Waals surface area contributed by atoms with Crippen molar-refractivity contribution in [1.29, 1.82) is 0 Å². The number of piperidine rings is 1. The normalized spacial score (nSPS) is 15.8. The van der Waals surface area contributed by atoms with Gasteiger partial charge in [0.15, 0.2) is 0 Å². The van der Waals surface area contributed by atoms with Gasteiger partial charge in [0.1, 0.15) is 18.1 Å². The average Bonchev–Trinajstić information content (AvgIpc) is 2.60. The van der Waals surface area contributed by atoms with Gasteiger partial charge < -0.3 is 14.8 Å². The van der Waals surface area contributed by atoms with E-state index in [0.29, 0.717) is 17.9 Å². The first kappa shape index (κ1) is 17.6. The Hall–Kier alpha value is -2.21. The van der Waals surface area contributed by atoms with Crippen LogP contribution < -0.4 is 14.8 Å². The molecule has 0 spiro atoms. The molecule has 0 radical (unpaired) electrons. The summed E-state index contributed by atoms with van der Waals surface area (Å²) in [6, 6.07) is 14.2. The van der Waals surface area contributed by atoms with Crippen LogP contribution in [0.3, 0.4) is 0 Å². The van der Waals surface area contributed by atoms with E-state index in [1.807, 2.05) is 30.3 Å². The first-order chi connectivity index (χ1) is 12.0. The minimum Gasteiger partial charge on any atom is -0.489 e. The van der Waals surface area contributed by atoms with Gasteiger partial charge in [0, 0.05) is 6.07 Å². The van der Waals surface area contributed by atoms with Crippen LogP contribution >= 0.6 is 0 Å². The van der Waals surface area contributed by atoms with Gasteiger partial charge in [-0.2, -0.15) is 0 Å². The molecule has 25 heavy (non-hydrogen) atoms. The Kier molecular flexibility index (Phi) is 5.48. The fourth-order valence-corrected chi connectivity index (χ4v) is 3.03. The molecule has 6 heteroatoms. The van der Waals surface area contributed by atoms with Crippen molar-refractivity contribution in [2.75, 3.05) is 13.1 Å². The predicted molar refractivity (Wildman–Crippen MR) is 88.7 cm³/mol. The molecule has 1 heterocycles. The van der Waals surface area contributed by atoms with Crippen molar-refractivity contribution in [3.05, 3.63) is 59.7 Å². The summed E-state index contributed by atoms with van der Waals surface area (Å²) in [4.78, 5) is 0. The van der Waals surface area contributed by atoms with E-state index >= 15 is 0 Å². The molecular formula is C19H20F3NO2. The molecule has 0 bridgehead atoms. The number of ether oxygens (including phenoxy) is 2. The highest BCUT2D eigenvalue weighted by Gasteiger charge is 2.33. The molecule has 0 aliphatic carbocycles. The third-order valence-electron chi connectivity index (χ3n) is 4.24. The van der Waals surface area contributed by atoms with Gasteiger partial charge in [-0.05, 0) is 49.0 Å². The molecule has 1 aliphatic rings. The van der Waals surface area contributed by atoms with Gasteiger partial charge in [-0.15, -0.1) is 13.2 Å². The highest BCUT2D eigenvalue weighted by molar-refractivity contribution is 5.43. The molecule has 2 aromatic rings. The van der Waals surface area contributed by atoms with Crippen molar-refractivity contribution in [3.63, 3.8) is 0 Å². The van der Waals surface area contributed by atoms with E-state index in [2.05, 4.69) is 10.1 Å². The van der Waals surface area contributed by atoms with Crippen LogP contribution in [-0.2, 0) is 6.61 Å². The van der Waals surface area contributed by atoms with Crippen LogP contribution in [0.15, 0.2) is 48.5 Å². The standard InChI is InChI=1S/C19H20F3NO2/c20-19(21,22)25-18-12-16(24-13-14-4-2-1-3-5-14)6-7-17(18)15-8-10-23-11-9-15/h1-7,12,15,23H,8-11,13H2. The molecule has 0 saturated carbocycles. The summed E-state index contributed by atoms with van der Waals surface area (Å²) in [7, 11) is 0. The largest absolute Gasteiger partial charge is 0.573 e. The van der Waals surface area contributed by atoms with E-state index < -0.39 is 6.36 Å². The zero-order valence-corrected chi connectivity index (χ0v) is 13.7. The monoisotopic (exact) mass is 351 g/mol. The Labute approximate surface area is 144 Å². The van der Waals surface area contributed by atoms with Gasteiger partial charge in [0.2, 0.25) is 0 Å². The van der Waals surface area contributed by atoms with Crippen molar-refractivity contribution in [2.24, 2.45) is 0 Å². The Bertz CT molecular complexity index is 683. The average molecular weight is 351 g/mol. The lowest BCUT2D eigenvalue weighted by Crippen LogP contribution is -2.27. The number of benzene rings is 2. The summed E-state index contributed by atoms with van der Waals surface area (Å²) in [5.74, 6) is 0.257. The third kappa shape index (κ3) is 5.13. The molecule has 0 amide bonds. The number of rotatable bonds is 5. The van der Waals surface area contributed by atoms with Crippen LogP contribution in [0.5, 0.6) is 11.5 Å². The van der Waals surface area contributed by atoms with E-state index in [9.17, 15) is 13.2 Å². The summed E-state index contributed by atoms with van der Waals surface area (Å²) in [6.45, 7) is 1.88. The second kappa shape index (κ2) is 7.78. The first-order valence-electron chi connectivity index (χ1n) is 8.28. The maximum atomic E-state index is 12.8. The summed E-state index contributed by atoms with van der Waals surface area (Å²) in [5.41, 5.74) is 1.54. The zero-order valence-electron chi connectivity index (χ0n) is 13.7. The van der Waals surface area contributed by atoms with Crippen LogP contribution in [0, 0.1) is 0 Å². The fourth-order valence-electron chi connectivity index (χ4n) is 3.03. The quantitative estimate of drug-likeness (QED) is 0.852. The Morgan fingerprint density at radius 1 is 1.00 bits per heavy atom. The van der Waals surface area contributed by atoms with Gasteiger partial charge in [0.25, 0.3) is 0 Å². The summed E-state index contributed by atoms with van der Waals surface area (Å²) in [5, 5.41) is 3.21.